The molecule has 94 valence electrons. The number of nitrogens with two attached hydrogens (primary N) is 1. The summed E-state index contributed by atoms with van der Waals surface area (Å²) in [6, 6.07) is 3.19. The van der Waals surface area contributed by atoms with Crippen LogP contribution in [0.25, 0.3) is 0 Å². The van der Waals surface area contributed by atoms with E-state index in [4.69, 9.17) is 28.9 Å². The van der Waals surface area contributed by atoms with E-state index >= 15 is 0 Å². The van der Waals surface area contributed by atoms with Gasteiger partial charge < -0.3 is 11.1 Å². The lowest BCUT2D eigenvalue weighted by Crippen LogP contribution is -2.26. The van der Waals surface area contributed by atoms with Gasteiger partial charge in [0.2, 0.25) is 5.91 Å². The van der Waals surface area contributed by atoms with Crippen LogP contribution in [0.5, 0.6) is 0 Å². The molecule has 1 rings (SSSR count). The predicted molar refractivity (Wildman–Crippen MR) is 75.7 cm³/mol. The summed E-state index contributed by atoms with van der Waals surface area (Å²) in [4.78, 5) is 11.7. The van der Waals surface area contributed by atoms with Gasteiger partial charge in [0.25, 0.3) is 0 Å². The molecule has 1 amide bonds. The molecule has 0 aliphatic heterocycles. The highest BCUT2D eigenvalue weighted by Gasteiger charge is 2.13. The van der Waals surface area contributed by atoms with Crippen LogP contribution >= 0.6 is 39.1 Å². The quantitative estimate of drug-likeness (QED) is 0.876. The Labute approximate surface area is 119 Å². The minimum atomic E-state index is -0.189. The Morgan fingerprint density at radius 2 is 2.00 bits per heavy atom. The zero-order chi connectivity index (χ0) is 13.0. The van der Waals surface area contributed by atoms with Crippen molar-refractivity contribution in [2.75, 3.05) is 5.32 Å². The Balaban J connectivity index is 2.78. The average molecular weight is 340 g/mol. The first-order valence-corrected chi connectivity index (χ1v) is 6.69. The van der Waals surface area contributed by atoms with Gasteiger partial charge in [-0.15, -0.1) is 0 Å². The molecule has 0 aliphatic rings. The first-order chi connectivity index (χ1) is 7.93. The van der Waals surface area contributed by atoms with Crippen LogP contribution in [-0.4, -0.2) is 11.9 Å². The van der Waals surface area contributed by atoms with Gasteiger partial charge >= 0.3 is 0 Å². The van der Waals surface area contributed by atoms with Crippen LogP contribution < -0.4 is 11.1 Å². The summed E-state index contributed by atoms with van der Waals surface area (Å²) in [5, 5.41) is 3.45. The summed E-state index contributed by atoms with van der Waals surface area (Å²) in [5.74, 6) is -0.189. The topological polar surface area (TPSA) is 55.1 Å². The third-order valence-electron chi connectivity index (χ3n) is 2.24. The van der Waals surface area contributed by atoms with Crippen molar-refractivity contribution in [3.05, 3.63) is 26.7 Å². The van der Waals surface area contributed by atoms with E-state index in [0.717, 1.165) is 10.9 Å². The second kappa shape index (κ2) is 6.59. The summed E-state index contributed by atoms with van der Waals surface area (Å²) in [7, 11) is 0. The summed E-state index contributed by atoms with van der Waals surface area (Å²) < 4.78 is 0.760. The lowest BCUT2D eigenvalue weighted by atomic mass is 10.1. The number of rotatable bonds is 4. The lowest BCUT2D eigenvalue weighted by Gasteiger charge is -2.12. The molecule has 0 bridgehead atoms. The van der Waals surface area contributed by atoms with E-state index in [0.29, 0.717) is 15.7 Å². The Kier molecular flexibility index (Phi) is 5.73. The fourth-order valence-electron chi connectivity index (χ4n) is 1.23. The molecule has 1 unspecified atom stereocenters. The molecule has 6 heteroatoms. The molecule has 0 radical (unpaired) electrons. The molecular weight excluding hydrogens is 327 g/mol. The van der Waals surface area contributed by atoms with Crippen molar-refractivity contribution >= 4 is 50.7 Å². The Morgan fingerprint density at radius 3 is 2.47 bits per heavy atom. The molecule has 1 aromatic rings. The van der Waals surface area contributed by atoms with Crippen LogP contribution in [0, 0.1) is 0 Å². The fourth-order valence-corrected chi connectivity index (χ4v) is 2.54. The minimum Gasteiger partial charge on any atom is -0.327 e. The smallest absolute Gasteiger partial charge is 0.226 e. The van der Waals surface area contributed by atoms with Crippen molar-refractivity contribution in [1.29, 1.82) is 0 Å². The number of amides is 1. The zero-order valence-electron chi connectivity index (χ0n) is 9.27. The van der Waals surface area contributed by atoms with Crippen molar-refractivity contribution in [3.8, 4) is 0 Å². The van der Waals surface area contributed by atoms with E-state index in [9.17, 15) is 4.79 Å². The molecule has 0 heterocycles. The summed E-state index contributed by atoms with van der Waals surface area (Å²) in [5.41, 5.74) is 6.11. The molecule has 0 aliphatic carbocycles. The Hall–Kier alpha value is -0.290. The van der Waals surface area contributed by atoms with Crippen molar-refractivity contribution in [3.63, 3.8) is 0 Å². The second-order valence-electron chi connectivity index (χ2n) is 3.67. The molecule has 3 nitrogen and oxygen atoms in total. The second-order valence-corrected chi connectivity index (χ2v) is 5.40. The number of nitrogens with one attached hydrogen (secondary N) is 1. The maximum Gasteiger partial charge on any atom is 0.226 e. The molecule has 17 heavy (non-hydrogen) atoms. The number of hydrogen-bond donors (Lipinski definition) is 2. The third kappa shape index (κ3) is 4.47. The molecular formula is C11H13BrCl2N2O. The van der Waals surface area contributed by atoms with Gasteiger partial charge in [0.15, 0.2) is 0 Å². The SMILES string of the molecule is CCC(N)CC(=O)Nc1c(Cl)cc(Br)cc1Cl. The number of benzene rings is 1. The van der Waals surface area contributed by atoms with E-state index < -0.39 is 0 Å². The van der Waals surface area contributed by atoms with Gasteiger partial charge in [-0.05, 0) is 18.6 Å². The van der Waals surface area contributed by atoms with E-state index in [1.54, 1.807) is 12.1 Å². The highest BCUT2D eigenvalue weighted by Crippen LogP contribution is 2.33. The summed E-state index contributed by atoms with van der Waals surface area (Å²) >= 11 is 15.2. The van der Waals surface area contributed by atoms with E-state index in [1.165, 1.54) is 0 Å². The summed E-state index contributed by atoms with van der Waals surface area (Å²) in [6.07, 6.45) is 0.994. The van der Waals surface area contributed by atoms with Gasteiger partial charge in [-0.1, -0.05) is 46.1 Å². The van der Waals surface area contributed by atoms with E-state index in [-0.39, 0.29) is 18.4 Å². The maximum atomic E-state index is 11.7. The standard InChI is InChI=1S/C11H13BrCl2N2O/c1-2-7(15)5-10(17)16-11-8(13)3-6(12)4-9(11)14/h3-4,7H,2,5,15H2,1H3,(H,16,17). The average Bonchev–Trinajstić information content (AvgIpc) is 2.23. The molecule has 0 aromatic heterocycles. The molecule has 1 aromatic carbocycles. The van der Waals surface area contributed by atoms with Crippen molar-refractivity contribution in [2.45, 2.75) is 25.8 Å². The normalized spacial score (nSPS) is 12.3. The van der Waals surface area contributed by atoms with E-state index in [2.05, 4.69) is 21.2 Å². The third-order valence-corrected chi connectivity index (χ3v) is 3.30. The number of carbonyl (C=O) groups is 1. The minimum absolute atomic E-state index is 0.150. The summed E-state index contributed by atoms with van der Waals surface area (Å²) in [6.45, 7) is 1.93. The van der Waals surface area contributed by atoms with Gasteiger partial charge in [0, 0.05) is 16.9 Å². The van der Waals surface area contributed by atoms with Crippen LogP contribution in [0.3, 0.4) is 0 Å². The highest BCUT2D eigenvalue weighted by atomic mass is 79.9. The Bertz CT molecular complexity index is 403. The van der Waals surface area contributed by atoms with Crippen molar-refractivity contribution in [2.24, 2.45) is 5.73 Å². The van der Waals surface area contributed by atoms with Crippen LogP contribution in [0.2, 0.25) is 10.0 Å². The van der Waals surface area contributed by atoms with Crippen LogP contribution in [-0.2, 0) is 4.79 Å². The van der Waals surface area contributed by atoms with Crippen LogP contribution in [0.1, 0.15) is 19.8 Å². The van der Waals surface area contributed by atoms with Crippen molar-refractivity contribution < 1.29 is 4.79 Å². The molecule has 0 saturated carbocycles. The lowest BCUT2D eigenvalue weighted by molar-refractivity contribution is -0.116. The first-order valence-electron chi connectivity index (χ1n) is 5.14. The first kappa shape index (κ1) is 14.8. The van der Waals surface area contributed by atoms with Gasteiger partial charge in [-0.25, -0.2) is 0 Å². The molecule has 1 atom stereocenters. The van der Waals surface area contributed by atoms with E-state index in [1.807, 2.05) is 6.92 Å². The van der Waals surface area contributed by atoms with Crippen LogP contribution in [0.15, 0.2) is 16.6 Å². The molecule has 0 saturated heterocycles. The molecule has 0 fully saturated rings. The van der Waals surface area contributed by atoms with Gasteiger partial charge in [0.05, 0.1) is 15.7 Å². The monoisotopic (exact) mass is 338 g/mol. The predicted octanol–water partition coefficient (Wildman–Crippen LogP) is 3.82. The Morgan fingerprint density at radius 1 is 1.47 bits per heavy atom. The van der Waals surface area contributed by atoms with Gasteiger partial charge in [-0.3, -0.25) is 4.79 Å². The molecule has 3 N–H and O–H groups in total. The number of hydrogen-bond acceptors (Lipinski definition) is 2. The number of carbonyl (C=O) groups excluding carboxylic acids is 1. The van der Waals surface area contributed by atoms with Gasteiger partial charge in [0.1, 0.15) is 0 Å². The number of halogens is 3. The largest absolute Gasteiger partial charge is 0.327 e. The van der Waals surface area contributed by atoms with Gasteiger partial charge in [-0.2, -0.15) is 0 Å². The molecule has 0 spiro atoms. The fraction of sp³-hybridized carbons (Fsp3) is 0.364. The zero-order valence-corrected chi connectivity index (χ0v) is 12.4. The van der Waals surface area contributed by atoms with Crippen molar-refractivity contribution in [1.82, 2.24) is 0 Å². The van der Waals surface area contributed by atoms with Crippen LogP contribution in [0.4, 0.5) is 5.69 Å². The number of anilines is 1. The maximum absolute atomic E-state index is 11.7. The highest BCUT2D eigenvalue weighted by molar-refractivity contribution is 9.10.